The monoisotopic (exact) mass is 150 g/mol. The largest absolute Gasteiger partial charge is 0.402 e. The van der Waals surface area contributed by atoms with Gasteiger partial charge in [0.05, 0.1) is 0 Å². The summed E-state index contributed by atoms with van der Waals surface area (Å²) in [6.07, 6.45) is 6.01. The molecule has 1 fully saturated rings. The van der Waals surface area contributed by atoms with Gasteiger partial charge in [-0.15, -0.1) is 0 Å². The van der Waals surface area contributed by atoms with Crippen molar-refractivity contribution in [2.75, 3.05) is 0 Å². The van der Waals surface area contributed by atoms with Crippen LogP contribution in [0.1, 0.15) is 19.8 Å². The lowest BCUT2D eigenvalue weighted by molar-refractivity contribution is 0.992. The Hall–Kier alpha value is -1.05. The van der Waals surface area contributed by atoms with Gasteiger partial charge in [0.25, 0.3) is 0 Å². The molecule has 0 amide bonds. The molecule has 0 aromatic heterocycles. The molecule has 0 unspecified atom stereocenters. The van der Waals surface area contributed by atoms with E-state index in [0.29, 0.717) is 5.92 Å². The zero-order valence-corrected chi connectivity index (χ0v) is 6.88. The zero-order valence-electron chi connectivity index (χ0n) is 6.88. The molecule has 2 nitrogen and oxygen atoms in total. The van der Waals surface area contributed by atoms with Crippen molar-refractivity contribution in [3.05, 3.63) is 24.0 Å². The molecule has 2 heteroatoms. The minimum atomic E-state index is 0.651. The number of nitrogens with two attached hydrogens (primary N) is 1. The van der Waals surface area contributed by atoms with Crippen molar-refractivity contribution >= 4 is 6.21 Å². The van der Waals surface area contributed by atoms with Crippen LogP contribution in [-0.2, 0) is 0 Å². The predicted octanol–water partition coefficient (Wildman–Crippen LogP) is 1.84. The van der Waals surface area contributed by atoms with Crippen LogP contribution in [0, 0.1) is 5.92 Å². The first-order valence-electron chi connectivity index (χ1n) is 3.85. The van der Waals surface area contributed by atoms with Gasteiger partial charge < -0.3 is 5.73 Å². The van der Waals surface area contributed by atoms with E-state index in [2.05, 4.69) is 11.6 Å². The number of aliphatic imine (C=N–C) groups is 1. The van der Waals surface area contributed by atoms with Crippen LogP contribution in [0.15, 0.2) is 29.0 Å². The van der Waals surface area contributed by atoms with Crippen LogP contribution in [0.3, 0.4) is 0 Å². The highest BCUT2D eigenvalue weighted by Crippen LogP contribution is 2.35. The molecule has 0 spiro atoms. The average molecular weight is 150 g/mol. The van der Waals surface area contributed by atoms with Gasteiger partial charge in [0, 0.05) is 23.5 Å². The lowest BCUT2D eigenvalue weighted by atomic mass is 10.3. The Morgan fingerprint density at radius 2 is 2.27 bits per heavy atom. The third-order valence-electron chi connectivity index (χ3n) is 1.63. The van der Waals surface area contributed by atoms with Crippen molar-refractivity contribution in [2.45, 2.75) is 19.8 Å². The summed E-state index contributed by atoms with van der Waals surface area (Å²) in [5.74, 6) is 0.651. The lowest BCUT2D eigenvalue weighted by Gasteiger charge is -1.91. The molecule has 1 rings (SSSR count). The first-order chi connectivity index (χ1) is 5.20. The Kier molecular flexibility index (Phi) is 2.47. The fourth-order valence-electron chi connectivity index (χ4n) is 0.773. The van der Waals surface area contributed by atoms with Crippen LogP contribution in [0.25, 0.3) is 0 Å². The minimum absolute atomic E-state index is 0.651. The van der Waals surface area contributed by atoms with Gasteiger partial charge >= 0.3 is 0 Å². The van der Waals surface area contributed by atoms with Crippen molar-refractivity contribution in [1.82, 2.24) is 0 Å². The molecular formula is C9H14N2. The Morgan fingerprint density at radius 3 is 2.73 bits per heavy atom. The van der Waals surface area contributed by atoms with Crippen molar-refractivity contribution in [3.8, 4) is 0 Å². The van der Waals surface area contributed by atoms with Crippen molar-refractivity contribution in [1.29, 1.82) is 0 Å². The van der Waals surface area contributed by atoms with Crippen molar-refractivity contribution in [2.24, 2.45) is 16.6 Å². The van der Waals surface area contributed by atoms with Crippen molar-refractivity contribution < 1.29 is 0 Å². The van der Waals surface area contributed by atoms with Gasteiger partial charge in [-0.05, 0) is 25.8 Å². The fourth-order valence-corrected chi connectivity index (χ4v) is 0.773. The molecule has 1 saturated carbocycles. The van der Waals surface area contributed by atoms with Gasteiger partial charge in [0.15, 0.2) is 0 Å². The standard InChI is InChI=1S/C9H14N2/c1-7(10)5-6-11-8(2)9-3-4-9/h5-6,9H,2-4,10H2,1H3/b7-5-,11-6-. The summed E-state index contributed by atoms with van der Waals surface area (Å²) in [4.78, 5) is 4.15. The van der Waals surface area contributed by atoms with Gasteiger partial charge in [-0.2, -0.15) is 0 Å². The molecule has 0 bridgehead atoms. The molecule has 1 aliphatic rings. The molecule has 0 aromatic rings. The summed E-state index contributed by atoms with van der Waals surface area (Å²) in [7, 11) is 0. The van der Waals surface area contributed by atoms with E-state index in [4.69, 9.17) is 5.73 Å². The number of rotatable bonds is 3. The Morgan fingerprint density at radius 1 is 1.64 bits per heavy atom. The van der Waals surface area contributed by atoms with E-state index in [-0.39, 0.29) is 0 Å². The van der Waals surface area contributed by atoms with E-state index in [1.54, 1.807) is 12.3 Å². The van der Waals surface area contributed by atoms with Crippen LogP contribution in [-0.4, -0.2) is 6.21 Å². The molecule has 0 atom stereocenters. The van der Waals surface area contributed by atoms with Crippen LogP contribution in [0.4, 0.5) is 0 Å². The molecular weight excluding hydrogens is 136 g/mol. The number of allylic oxidation sites excluding steroid dienone is 3. The third-order valence-corrected chi connectivity index (χ3v) is 1.63. The molecule has 0 saturated heterocycles. The van der Waals surface area contributed by atoms with E-state index >= 15 is 0 Å². The SMILES string of the molecule is C=C(/N=C\C=C(\C)N)C1CC1. The topological polar surface area (TPSA) is 38.4 Å². The lowest BCUT2D eigenvalue weighted by Crippen LogP contribution is -1.90. The molecule has 2 N–H and O–H groups in total. The second-order valence-electron chi connectivity index (χ2n) is 2.95. The fraction of sp³-hybridized carbons (Fsp3) is 0.444. The zero-order chi connectivity index (χ0) is 8.27. The van der Waals surface area contributed by atoms with Crippen molar-refractivity contribution in [3.63, 3.8) is 0 Å². The Labute approximate surface area is 67.5 Å². The van der Waals surface area contributed by atoms with Crippen LogP contribution in [0.5, 0.6) is 0 Å². The maximum atomic E-state index is 5.41. The average Bonchev–Trinajstić information content (AvgIpc) is 2.66. The number of nitrogens with zero attached hydrogens (tertiary/aromatic N) is 1. The third kappa shape index (κ3) is 3.03. The predicted molar refractivity (Wildman–Crippen MR) is 48.3 cm³/mol. The highest BCUT2D eigenvalue weighted by Gasteiger charge is 2.23. The van der Waals surface area contributed by atoms with Crippen LogP contribution in [0.2, 0.25) is 0 Å². The molecule has 0 heterocycles. The Balaban J connectivity index is 2.34. The quantitative estimate of drug-likeness (QED) is 0.612. The molecule has 11 heavy (non-hydrogen) atoms. The molecule has 0 aliphatic heterocycles. The first-order valence-corrected chi connectivity index (χ1v) is 3.85. The van der Waals surface area contributed by atoms with Gasteiger partial charge in [-0.25, -0.2) is 0 Å². The van der Waals surface area contributed by atoms with Gasteiger partial charge in [-0.1, -0.05) is 6.58 Å². The summed E-state index contributed by atoms with van der Waals surface area (Å²) in [5.41, 5.74) is 7.17. The van der Waals surface area contributed by atoms with Gasteiger partial charge in [0.1, 0.15) is 0 Å². The second-order valence-corrected chi connectivity index (χ2v) is 2.95. The first kappa shape index (κ1) is 8.05. The summed E-state index contributed by atoms with van der Waals surface area (Å²) < 4.78 is 0. The van der Waals surface area contributed by atoms with E-state index in [1.807, 2.05) is 6.92 Å². The maximum absolute atomic E-state index is 5.41. The normalized spacial score (nSPS) is 19.2. The van der Waals surface area contributed by atoms with E-state index in [1.165, 1.54) is 12.8 Å². The van der Waals surface area contributed by atoms with Crippen LogP contribution >= 0.6 is 0 Å². The smallest absolute Gasteiger partial charge is 0.0362 e. The molecule has 60 valence electrons. The molecule has 1 aliphatic carbocycles. The summed E-state index contributed by atoms with van der Waals surface area (Å²) >= 11 is 0. The Bertz CT molecular complexity index is 206. The maximum Gasteiger partial charge on any atom is 0.0362 e. The summed E-state index contributed by atoms with van der Waals surface area (Å²) in [6.45, 7) is 5.68. The summed E-state index contributed by atoms with van der Waals surface area (Å²) in [5, 5.41) is 0. The highest BCUT2D eigenvalue weighted by molar-refractivity contribution is 5.72. The summed E-state index contributed by atoms with van der Waals surface area (Å²) in [6, 6.07) is 0. The van der Waals surface area contributed by atoms with Gasteiger partial charge in [-0.3, -0.25) is 4.99 Å². The van der Waals surface area contributed by atoms with E-state index < -0.39 is 0 Å². The highest BCUT2D eigenvalue weighted by atomic mass is 14.7. The van der Waals surface area contributed by atoms with E-state index in [9.17, 15) is 0 Å². The van der Waals surface area contributed by atoms with Gasteiger partial charge in [0.2, 0.25) is 0 Å². The number of hydrogen-bond donors (Lipinski definition) is 1. The minimum Gasteiger partial charge on any atom is -0.402 e. The molecule has 0 aromatic carbocycles. The van der Waals surface area contributed by atoms with E-state index in [0.717, 1.165) is 11.4 Å². The van der Waals surface area contributed by atoms with Crippen LogP contribution < -0.4 is 5.73 Å². The molecule has 0 radical (unpaired) electrons. The number of hydrogen-bond acceptors (Lipinski definition) is 2. The second kappa shape index (κ2) is 3.37.